The van der Waals surface area contributed by atoms with Gasteiger partial charge in [0.15, 0.2) is 0 Å². The predicted octanol–water partition coefficient (Wildman–Crippen LogP) is 1.77. The van der Waals surface area contributed by atoms with E-state index in [1.807, 2.05) is 36.4 Å². The number of aromatic nitrogens is 2. The largest absolute Gasteiger partial charge is 0.508 e. The summed E-state index contributed by atoms with van der Waals surface area (Å²) in [7, 11) is 4.24. The van der Waals surface area contributed by atoms with Crippen LogP contribution in [0.3, 0.4) is 0 Å². The molecule has 5 heteroatoms. The van der Waals surface area contributed by atoms with Gasteiger partial charge in [-0.25, -0.2) is 9.97 Å². The Bertz CT molecular complexity index is 800. The number of benzene rings is 2. The molecule has 2 aromatic carbocycles. The van der Waals surface area contributed by atoms with Gasteiger partial charge in [0.2, 0.25) is 0 Å². The molecule has 0 aliphatic heterocycles. The first-order valence-electron chi connectivity index (χ1n) is 7.72. The Morgan fingerprint density at radius 2 is 1.74 bits per heavy atom. The van der Waals surface area contributed by atoms with Crippen LogP contribution < -0.4 is 10.2 Å². The third-order valence-electron chi connectivity index (χ3n) is 3.63. The van der Waals surface area contributed by atoms with Crippen molar-refractivity contribution in [3.05, 3.63) is 54.4 Å². The Morgan fingerprint density at radius 1 is 1.00 bits per heavy atom. The molecule has 1 aromatic heterocycles. The fourth-order valence-electron chi connectivity index (χ4n) is 2.38. The van der Waals surface area contributed by atoms with E-state index in [2.05, 4.69) is 24.4 Å². The van der Waals surface area contributed by atoms with Gasteiger partial charge in [0, 0.05) is 11.1 Å². The standard InChI is InChI=1S/C18H20N4O/c1-22(2)12-11-17-20-16-6-4-3-5-15(16)18(21-17)19-13-7-9-14(23)10-8-13/h3-10,23H,11-12H2,1-2H3,(H,19,20,21)/p+1. The van der Waals surface area contributed by atoms with Gasteiger partial charge in [-0.3, -0.25) is 0 Å². The summed E-state index contributed by atoms with van der Waals surface area (Å²) < 4.78 is 0. The topological polar surface area (TPSA) is 62.5 Å². The van der Waals surface area contributed by atoms with E-state index < -0.39 is 0 Å². The second-order valence-electron chi connectivity index (χ2n) is 5.88. The molecular weight excluding hydrogens is 288 g/mol. The molecule has 3 aromatic rings. The SMILES string of the molecule is C[NH+](C)CCc1nc(Nc2ccc(O)cc2)c2ccccc2n1. The summed E-state index contributed by atoms with van der Waals surface area (Å²) in [4.78, 5) is 10.7. The Kier molecular flexibility index (Phi) is 4.39. The molecule has 0 radical (unpaired) electrons. The fraction of sp³-hybridized carbons (Fsp3) is 0.222. The summed E-state index contributed by atoms with van der Waals surface area (Å²) in [6.45, 7) is 0.983. The van der Waals surface area contributed by atoms with Crippen molar-refractivity contribution in [2.75, 3.05) is 26.0 Å². The molecule has 0 spiro atoms. The second-order valence-corrected chi connectivity index (χ2v) is 5.88. The lowest BCUT2D eigenvalue weighted by Crippen LogP contribution is -3.06. The van der Waals surface area contributed by atoms with E-state index in [9.17, 15) is 5.11 Å². The molecule has 0 saturated carbocycles. The molecule has 1 heterocycles. The van der Waals surface area contributed by atoms with Crippen molar-refractivity contribution >= 4 is 22.4 Å². The molecule has 23 heavy (non-hydrogen) atoms. The van der Waals surface area contributed by atoms with E-state index in [4.69, 9.17) is 4.98 Å². The first kappa shape index (κ1) is 15.2. The Morgan fingerprint density at radius 3 is 2.48 bits per heavy atom. The van der Waals surface area contributed by atoms with Crippen molar-refractivity contribution in [1.82, 2.24) is 9.97 Å². The van der Waals surface area contributed by atoms with Crippen molar-refractivity contribution in [2.24, 2.45) is 0 Å². The zero-order valence-electron chi connectivity index (χ0n) is 13.4. The molecule has 0 fully saturated rings. The average molecular weight is 309 g/mol. The maximum atomic E-state index is 9.40. The molecule has 0 aliphatic rings. The van der Waals surface area contributed by atoms with Gasteiger partial charge in [-0.1, -0.05) is 12.1 Å². The van der Waals surface area contributed by atoms with Gasteiger partial charge < -0.3 is 15.3 Å². The van der Waals surface area contributed by atoms with Gasteiger partial charge in [0.25, 0.3) is 0 Å². The van der Waals surface area contributed by atoms with Crippen LogP contribution in [0.4, 0.5) is 11.5 Å². The number of likely N-dealkylation sites (N-methyl/N-ethyl adjacent to an activating group) is 1. The van der Waals surface area contributed by atoms with E-state index in [-0.39, 0.29) is 5.75 Å². The quantitative estimate of drug-likeness (QED) is 0.629. The van der Waals surface area contributed by atoms with Crippen molar-refractivity contribution in [3.63, 3.8) is 0 Å². The maximum absolute atomic E-state index is 9.40. The summed E-state index contributed by atoms with van der Waals surface area (Å²) in [5.41, 5.74) is 1.82. The summed E-state index contributed by atoms with van der Waals surface area (Å²) >= 11 is 0. The number of anilines is 2. The minimum Gasteiger partial charge on any atom is -0.508 e. The van der Waals surface area contributed by atoms with Crippen LogP contribution in [0.5, 0.6) is 5.75 Å². The Hall–Kier alpha value is -2.66. The molecule has 0 atom stereocenters. The molecule has 118 valence electrons. The van der Waals surface area contributed by atoms with Gasteiger partial charge >= 0.3 is 0 Å². The average Bonchev–Trinajstić information content (AvgIpc) is 2.55. The zero-order valence-corrected chi connectivity index (χ0v) is 13.4. The summed E-state index contributed by atoms with van der Waals surface area (Å²) in [5, 5.41) is 13.7. The number of fused-ring (bicyclic) bond motifs is 1. The molecule has 0 amide bonds. The van der Waals surface area contributed by atoms with Crippen LogP contribution >= 0.6 is 0 Å². The first-order chi connectivity index (χ1) is 11.1. The van der Waals surface area contributed by atoms with Crippen molar-refractivity contribution in [3.8, 4) is 5.75 Å². The number of nitrogens with one attached hydrogen (secondary N) is 2. The van der Waals surface area contributed by atoms with Gasteiger partial charge in [-0.2, -0.15) is 0 Å². The van der Waals surface area contributed by atoms with E-state index in [1.54, 1.807) is 12.1 Å². The molecule has 5 nitrogen and oxygen atoms in total. The maximum Gasteiger partial charge on any atom is 0.142 e. The van der Waals surface area contributed by atoms with Gasteiger partial charge in [0.05, 0.1) is 32.6 Å². The van der Waals surface area contributed by atoms with E-state index >= 15 is 0 Å². The summed E-state index contributed by atoms with van der Waals surface area (Å²) in [5.74, 6) is 1.88. The van der Waals surface area contributed by atoms with Crippen LogP contribution in [0.25, 0.3) is 10.9 Å². The predicted molar refractivity (Wildman–Crippen MR) is 92.3 cm³/mol. The number of hydrogen-bond acceptors (Lipinski definition) is 4. The Balaban J connectivity index is 1.97. The number of phenols is 1. The molecule has 0 unspecified atom stereocenters. The molecule has 3 N–H and O–H groups in total. The van der Waals surface area contributed by atoms with Gasteiger partial charge in [-0.15, -0.1) is 0 Å². The minimum atomic E-state index is 0.248. The van der Waals surface area contributed by atoms with E-state index in [0.717, 1.165) is 41.2 Å². The third kappa shape index (κ3) is 3.76. The van der Waals surface area contributed by atoms with Crippen LogP contribution in [0.15, 0.2) is 48.5 Å². The smallest absolute Gasteiger partial charge is 0.142 e. The molecule has 0 saturated heterocycles. The van der Waals surface area contributed by atoms with E-state index in [1.165, 1.54) is 4.90 Å². The highest BCUT2D eigenvalue weighted by atomic mass is 16.3. The monoisotopic (exact) mass is 309 g/mol. The molecule has 3 rings (SSSR count). The molecule has 0 aliphatic carbocycles. The lowest BCUT2D eigenvalue weighted by atomic mass is 10.2. The highest BCUT2D eigenvalue weighted by Gasteiger charge is 2.09. The zero-order chi connectivity index (χ0) is 16.2. The van der Waals surface area contributed by atoms with Crippen LogP contribution in [-0.2, 0) is 6.42 Å². The number of hydrogen-bond donors (Lipinski definition) is 3. The van der Waals surface area contributed by atoms with Crippen molar-refractivity contribution in [2.45, 2.75) is 6.42 Å². The molecule has 0 bridgehead atoms. The van der Waals surface area contributed by atoms with Crippen molar-refractivity contribution in [1.29, 1.82) is 0 Å². The number of quaternary nitrogens is 1. The number of para-hydroxylation sites is 1. The van der Waals surface area contributed by atoms with Crippen LogP contribution in [0.1, 0.15) is 5.82 Å². The number of phenolic OH excluding ortho intramolecular Hbond substituents is 1. The summed E-state index contributed by atoms with van der Waals surface area (Å²) in [6, 6.07) is 15.0. The lowest BCUT2D eigenvalue weighted by Gasteiger charge is -2.12. The first-order valence-corrected chi connectivity index (χ1v) is 7.72. The Labute approximate surface area is 135 Å². The highest BCUT2D eigenvalue weighted by Crippen LogP contribution is 2.24. The summed E-state index contributed by atoms with van der Waals surface area (Å²) in [6.07, 6.45) is 0.831. The minimum absolute atomic E-state index is 0.248. The van der Waals surface area contributed by atoms with Crippen molar-refractivity contribution < 1.29 is 10.0 Å². The highest BCUT2D eigenvalue weighted by molar-refractivity contribution is 5.90. The fourth-order valence-corrected chi connectivity index (χ4v) is 2.38. The van der Waals surface area contributed by atoms with Gasteiger partial charge in [-0.05, 0) is 36.4 Å². The van der Waals surface area contributed by atoms with Gasteiger partial charge in [0.1, 0.15) is 17.4 Å². The van der Waals surface area contributed by atoms with Crippen LogP contribution in [0.2, 0.25) is 0 Å². The lowest BCUT2D eigenvalue weighted by molar-refractivity contribution is -0.858. The normalized spacial score (nSPS) is 11.1. The molecular formula is C18H21N4O+. The number of nitrogens with zero attached hydrogens (tertiary/aromatic N) is 2. The van der Waals surface area contributed by atoms with E-state index in [0.29, 0.717) is 0 Å². The number of aromatic hydroxyl groups is 1. The van der Waals surface area contributed by atoms with Crippen LogP contribution in [0, 0.1) is 0 Å². The third-order valence-corrected chi connectivity index (χ3v) is 3.63. The van der Waals surface area contributed by atoms with Crippen LogP contribution in [-0.4, -0.2) is 35.7 Å². The second kappa shape index (κ2) is 6.62. The number of rotatable bonds is 5.